The molecule has 4 heterocycles. The highest BCUT2D eigenvalue weighted by Crippen LogP contribution is 2.26. The van der Waals surface area contributed by atoms with Crippen LogP contribution in [0.1, 0.15) is 35.5 Å². The lowest BCUT2D eigenvalue weighted by molar-refractivity contribution is 0.0681. The first-order chi connectivity index (χ1) is 12.4. The largest absolute Gasteiger partial charge is 0.477 e. The van der Waals surface area contributed by atoms with E-state index in [-0.39, 0.29) is 11.4 Å². The Kier molecular flexibility index (Phi) is 4.57. The monoisotopic (exact) mass is 387 g/mol. The fourth-order valence-electron chi connectivity index (χ4n) is 2.21. The average molecular weight is 387 g/mol. The maximum atomic E-state index is 10.5. The molecule has 4 aromatic heterocycles. The lowest BCUT2D eigenvalue weighted by Crippen LogP contribution is -1.94. The Labute approximate surface area is 152 Å². The maximum absolute atomic E-state index is 10.5. The molecule has 0 aromatic carbocycles. The van der Waals surface area contributed by atoms with E-state index in [0.29, 0.717) is 20.8 Å². The Hall–Kier alpha value is -3.42. The molecule has 10 heteroatoms. The van der Waals surface area contributed by atoms with Gasteiger partial charge in [-0.3, -0.25) is 4.79 Å². The van der Waals surface area contributed by atoms with Gasteiger partial charge in [0.05, 0.1) is 25.3 Å². The number of aromatic amines is 2. The number of rotatable bonds is 3. The Morgan fingerprint density at radius 1 is 0.962 bits per heavy atom. The lowest BCUT2D eigenvalue weighted by Gasteiger charge is -1.83. The molecular formula is C16H9N3O5S2. The van der Waals surface area contributed by atoms with Crippen molar-refractivity contribution >= 4 is 61.3 Å². The van der Waals surface area contributed by atoms with Crippen molar-refractivity contribution in [2.24, 2.45) is 0 Å². The van der Waals surface area contributed by atoms with E-state index in [0.717, 1.165) is 15.7 Å². The van der Waals surface area contributed by atoms with Crippen molar-refractivity contribution in [3.8, 4) is 6.07 Å². The van der Waals surface area contributed by atoms with E-state index < -0.39 is 11.9 Å². The summed E-state index contributed by atoms with van der Waals surface area (Å²) in [5.41, 5.74) is 1.72. The van der Waals surface area contributed by atoms with Crippen molar-refractivity contribution < 1.29 is 24.6 Å². The molecule has 0 atom stereocenters. The zero-order chi connectivity index (χ0) is 18.8. The van der Waals surface area contributed by atoms with E-state index in [4.69, 9.17) is 15.5 Å². The lowest BCUT2D eigenvalue weighted by atomic mass is 10.4. The molecule has 26 heavy (non-hydrogen) atoms. The number of nitrogens with one attached hydrogen (secondary N) is 2. The molecule has 0 aliphatic carbocycles. The normalized spacial score (nSPS) is 10.3. The van der Waals surface area contributed by atoms with Crippen LogP contribution in [0.5, 0.6) is 0 Å². The second-order valence-electron chi connectivity index (χ2n) is 5.02. The predicted octanol–water partition coefficient (Wildman–Crippen LogP) is 3.54. The number of H-pyrrole nitrogens is 2. The molecule has 0 spiro atoms. The van der Waals surface area contributed by atoms with Crippen LogP contribution in [0.4, 0.5) is 0 Å². The third kappa shape index (κ3) is 3.34. The van der Waals surface area contributed by atoms with Crippen LogP contribution in [0.3, 0.4) is 0 Å². The number of thiophene rings is 2. The summed E-state index contributed by atoms with van der Waals surface area (Å²) < 4.78 is 1.59. The molecular weight excluding hydrogens is 378 g/mol. The van der Waals surface area contributed by atoms with Crippen LogP contribution in [0.2, 0.25) is 0 Å². The standard InChI is InChI=1S/C8H4N2O2S.C8H5NO3S/c9-3-4-1-5-7(13-4)2-6(10-5)8(11)12;10-3-4-1-5-7(13-4)2-6(9-5)8(11)12/h1-2,10H,(H,11,12);1-3,9H,(H,11,12). The van der Waals surface area contributed by atoms with E-state index in [2.05, 4.69) is 9.97 Å². The topological polar surface area (TPSA) is 147 Å². The summed E-state index contributed by atoms with van der Waals surface area (Å²) in [6.45, 7) is 0. The predicted molar refractivity (Wildman–Crippen MR) is 96.4 cm³/mol. The van der Waals surface area contributed by atoms with E-state index in [1.807, 2.05) is 6.07 Å². The first-order valence-electron chi connectivity index (χ1n) is 6.98. The van der Waals surface area contributed by atoms with Gasteiger partial charge in [-0.2, -0.15) is 5.26 Å². The molecule has 130 valence electrons. The number of nitrogens with zero attached hydrogens (tertiary/aromatic N) is 1. The Morgan fingerprint density at radius 2 is 1.50 bits per heavy atom. The number of aromatic nitrogens is 2. The van der Waals surface area contributed by atoms with Gasteiger partial charge in [0.1, 0.15) is 22.3 Å². The van der Waals surface area contributed by atoms with Gasteiger partial charge in [0.15, 0.2) is 6.29 Å². The minimum absolute atomic E-state index is 0.152. The highest BCUT2D eigenvalue weighted by molar-refractivity contribution is 7.20. The quantitative estimate of drug-likeness (QED) is 0.395. The Bertz CT molecular complexity index is 1120. The maximum Gasteiger partial charge on any atom is 0.352 e. The zero-order valence-electron chi connectivity index (χ0n) is 12.8. The second-order valence-corrected chi connectivity index (χ2v) is 7.22. The van der Waals surface area contributed by atoms with Crippen molar-refractivity contribution in [1.82, 2.24) is 9.97 Å². The molecule has 4 N–H and O–H groups in total. The van der Waals surface area contributed by atoms with Crippen molar-refractivity contribution in [1.29, 1.82) is 5.26 Å². The van der Waals surface area contributed by atoms with Crippen LogP contribution in [0.25, 0.3) is 20.4 Å². The summed E-state index contributed by atoms with van der Waals surface area (Å²) in [5.74, 6) is -1.97. The SMILES string of the molecule is N#Cc1cc2[nH]c(C(=O)O)cc2s1.O=Cc1cc2[nH]c(C(=O)O)cc2s1. The van der Waals surface area contributed by atoms with Crippen LogP contribution >= 0.6 is 22.7 Å². The molecule has 0 radical (unpaired) electrons. The zero-order valence-corrected chi connectivity index (χ0v) is 14.4. The number of carboxylic acids is 2. The number of fused-ring (bicyclic) bond motifs is 2. The molecule has 8 nitrogen and oxygen atoms in total. The van der Waals surface area contributed by atoms with Crippen LogP contribution in [-0.4, -0.2) is 38.4 Å². The van der Waals surface area contributed by atoms with Crippen LogP contribution in [0.15, 0.2) is 24.3 Å². The number of hydrogen-bond acceptors (Lipinski definition) is 6. The van der Waals surface area contributed by atoms with Gasteiger partial charge >= 0.3 is 11.9 Å². The van der Waals surface area contributed by atoms with Gasteiger partial charge in [0.25, 0.3) is 0 Å². The number of carbonyl (C=O) groups excluding carboxylic acids is 1. The van der Waals surface area contributed by atoms with Gasteiger partial charge < -0.3 is 20.2 Å². The van der Waals surface area contributed by atoms with Gasteiger partial charge in [-0.25, -0.2) is 9.59 Å². The fourth-order valence-corrected chi connectivity index (χ4v) is 3.94. The minimum atomic E-state index is -0.990. The van der Waals surface area contributed by atoms with Crippen molar-refractivity contribution in [2.75, 3.05) is 0 Å². The summed E-state index contributed by atoms with van der Waals surface area (Å²) in [6.07, 6.45) is 0.749. The van der Waals surface area contributed by atoms with Crippen molar-refractivity contribution in [3.05, 3.63) is 45.4 Å². The molecule has 0 aliphatic heterocycles. The van der Waals surface area contributed by atoms with Crippen molar-refractivity contribution in [2.45, 2.75) is 0 Å². The molecule has 0 bridgehead atoms. The van der Waals surface area contributed by atoms with E-state index >= 15 is 0 Å². The highest BCUT2D eigenvalue weighted by Gasteiger charge is 2.10. The number of hydrogen-bond donors (Lipinski definition) is 4. The molecule has 0 aliphatic rings. The minimum Gasteiger partial charge on any atom is -0.477 e. The first kappa shape index (κ1) is 17.4. The molecule has 0 fully saturated rings. The van der Waals surface area contributed by atoms with Crippen molar-refractivity contribution in [3.63, 3.8) is 0 Å². The summed E-state index contributed by atoms with van der Waals surface area (Å²) in [6, 6.07) is 8.34. The number of nitriles is 1. The highest BCUT2D eigenvalue weighted by atomic mass is 32.1. The summed E-state index contributed by atoms with van der Waals surface area (Å²) in [5, 5.41) is 25.8. The van der Waals surface area contributed by atoms with Crippen LogP contribution < -0.4 is 0 Å². The third-order valence-electron chi connectivity index (χ3n) is 3.32. The molecule has 4 aromatic rings. The number of aromatic carboxylic acids is 2. The van der Waals surface area contributed by atoms with E-state index in [9.17, 15) is 14.4 Å². The molecule has 0 saturated carbocycles. The third-order valence-corrected chi connectivity index (χ3v) is 5.31. The van der Waals surface area contributed by atoms with Gasteiger partial charge in [0, 0.05) is 0 Å². The molecule has 0 amide bonds. The Balaban J connectivity index is 0.000000151. The summed E-state index contributed by atoms with van der Waals surface area (Å²) in [4.78, 5) is 38.0. The average Bonchev–Trinajstić information content (AvgIpc) is 3.32. The van der Waals surface area contributed by atoms with Crippen LogP contribution in [-0.2, 0) is 0 Å². The van der Waals surface area contributed by atoms with Gasteiger partial charge in [0.2, 0.25) is 0 Å². The molecule has 0 unspecified atom stereocenters. The van der Waals surface area contributed by atoms with E-state index in [1.165, 1.54) is 34.8 Å². The first-order valence-corrected chi connectivity index (χ1v) is 8.61. The second kappa shape index (κ2) is 6.83. The van der Waals surface area contributed by atoms with Gasteiger partial charge in [-0.05, 0) is 24.3 Å². The molecule has 4 rings (SSSR count). The number of carbonyl (C=O) groups is 3. The summed E-state index contributed by atoms with van der Waals surface area (Å²) >= 11 is 2.55. The van der Waals surface area contributed by atoms with Gasteiger partial charge in [-0.15, -0.1) is 22.7 Å². The number of carboxylic acid groups (broad SMARTS) is 2. The Morgan fingerprint density at radius 3 is 1.92 bits per heavy atom. The van der Waals surface area contributed by atoms with Gasteiger partial charge in [-0.1, -0.05) is 0 Å². The number of aldehydes is 1. The summed E-state index contributed by atoms with van der Waals surface area (Å²) in [7, 11) is 0. The van der Waals surface area contributed by atoms with Crippen LogP contribution in [0, 0.1) is 11.3 Å². The molecule has 0 saturated heterocycles. The van der Waals surface area contributed by atoms with E-state index in [1.54, 1.807) is 12.1 Å². The fraction of sp³-hybridized carbons (Fsp3) is 0. The smallest absolute Gasteiger partial charge is 0.352 e.